The highest BCUT2D eigenvalue weighted by Gasteiger charge is 2.39. The molecule has 2 aromatic heterocycles. The largest absolute Gasteiger partial charge is 0.453 e. The number of carbonyl (C=O) groups excluding carboxylic acids is 4. The number of carbonyl (C=O) groups is 4. The lowest BCUT2D eigenvalue weighted by Crippen LogP contribution is -2.51. The van der Waals surface area contributed by atoms with Crippen LogP contribution in [-0.4, -0.2) is 93.1 Å². The molecule has 0 saturated carbocycles. The Morgan fingerprint density at radius 1 is 0.567 bits per heavy atom. The second-order valence-electron chi connectivity index (χ2n) is 16.2. The van der Waals surface area contributed by atoms with Crippen molar-refractivity contribution < 1.29 is 28.7 Å². The first-order valence-corrected chi connectivity index (χ1v) is 20.7. The van der Waals surface area contributed by atoms with Gasteiger partial charge in [-0.3, -0.25) is 9.59 Å². The Bertz CT molecular complexity index is 2120. The van der Waals surface area contributed by atoms with E-state index in [1.54, 1.807) is 0 Å². The maximum absolute atomic E-state index is 13.5. The quantitative estimate of drug-likeness (QED) is 0.0984. The van der Waals surface area contributed by atoms with Crippen LogP contribution in [0.2, 0.25) is 0 Å². The number of aromatic amines is 2. The van der Waals surface area contributed by atoms with Gasteiger partial charge in [0, 0.05) is 13.1 Å². The summed E-state index contributed by atoms with van der Waals surface area (Å²) in [4.78, 5) is 70.9. The van der Waals surface area contributed by atoms with Crippen molar-refractivity contribution in [3.63, 3.8) is 0 Å². The van der Waals surface area contributed by atoms with E-state index in [1.807, 2.05) is 49.9 Å². The predicted molar refractivity (Wildman–Crippen MR) is 228 cm³/mol. The van der Waals surface area contributed by atoms with Crippen molar-refractivity contribution >= 4 is 24.0 Å². The molecule has 0 aliphatic carbocycles. The van der Waals surface area contributed by atoms with E-state index in [2.05, 4.69) is 103 Å². The number of amides is 4. The first-order valence-electron chi connectivity index (χ1n) is 20.7. The number of hydrogen-bond acceptors (Lipinski definition) is 8. The lowest BCUT2D eigenvalue weighted by atomic mass is 9.98. The molecular weight excluding hydrogens is 761 g/mol. The lowest BCUT2D eigenvalue weighted by Gasteiger charge is -2.30. The number of methoxy groups -OCH3 is 2. The van der Waals surface area contributed by atoms with E-state index < -0.39 is 24.3 Å². The van der Waals surface area contributed by atoms with Crippen LogP contribution in [-0.2, 0) is 19.1 Å². The monoisotopic (exact) mass is 814 g/mol. The summed E-state index contributed by atoms with van der Waals surface area (Å²) in [6.07, 6.45) is 5.66. The summed E-state index contributed by atoms with van der Waals surface area (Å²) >= 11 is 0. The fourth-order valence-corrected chi connectivity index (χ4v) is 8.23. The minimum absolute atomic E-state index is 0.102. The van der Waals surface area contributed by atoms with Crippen LogP contribution in [0.15, 0.2) is 85.2 Å². The minimum atomic E-state index is -0.684. The van der Waals surface area contributed by atoms with Crippen LogP contribution in [0, 0.1) is 11.8 Å². The third kappa shape index (κ3) is 8.92. The van der Waals surface area contributed by atoms with E-state index in [-0.39, 0.29) is 35.7 Å². The fourth-order valence-electron chi connectivity index (χ4n) is 8.23. The molecule has 0 unspecified atom stereocenters. The van der Waals surface area contributed by atoms with Crippen molar-refractivity contribution in [2.24, 2.45) is 11.8 Å². The zero-order chi connectivity index (χ0) is 42.5. The first kappa shape index (κ1) is 41.7. The van der Waals surface area contributed by atoms with Crippen molar-refractivity contribution in [2.75, 3.05) is 27.3 Å². The molecule has 2 aliphatic rings. The van der Waals surface area contributed by atoms with Gasteiger partial charge in [-0.05, 0) is 70.9 Å². The normalized spacial score (nSPS) is 17.5. The Kier molecular flexibility index (Phi) is 12.7. The SMILES string of the molecule is COC(=O)N[C@H](C(=O)N1CCC[C@H]1c1ncc(-c2ccc(-c3ccc(-c4ccc(-c5cnc([C@@H]6CCCN6C(=O)[C@@H](NC(=O)OC)C(C)C)[nH]5)cc4)cc3)cc2)[nH]1)C(C)C. The molecule has 0 spiro atoms. The van der Waals surface area contributed by atoms with Gasteiger partial charge in [-0.15, -0.1) is 0 Å². The van der Waals surface area contributed by atoms with E-state index >= 15 is 0 Å². The number of hydrogen-bond donors (Lipinski definition) is 4. The van der Waals surface area contributed by atoms with Crippen molar-refractivity contribution in [3.05, 3.63) is 96.8 Å². The molecule has 5 aromatic rings. The average Bonchev–Trinajstić information content (AvgIpc) is 4.11. The molecular formula is C46H54N8O6. The molecule has 60 heavy (non-hydrogen) atoms. The van der Waals surface area contributed by atoms with Crippen LogP contribution in [0.25, 0.3) is 44.8 Å². The van der Waals surface area contributed by atoms with Crippen LogP contribution in [0.4, 0.5) is 9.59 Å². The topological polar surface area (TPSA) is 175 Å². The molecule has 3 aromatic carbocycles. The number of nitrogens with zero attached hydrogens (tertiary/aromatic N) is 4. The maximum Gasteiger partial charge on any atom is 0.407 e. The Hall–Kier alpha value is -6.44. The third-order valence-corrected chi connectivity index (χ3v) is 11.6. The van der Waals surface area contributed by atoms with Gasteiger partial charge in [0.15, 0.2) is 0 Å². The minimum Gasteiger partial charge on any atom is -0.453 e. The van der Waals surface area contributed by atoms with Crippen molar-refractivity contribution in [3.8, 4) is 44.8 Å². The highest BCUT2D eigenvalue weighted by molar-refractivity contribution is 5.87. The van der Waals surface area contributed by atoms with Gasteiger partial charge in [-0.25, -0.2) is 19.6 Å². The van der Waals surface area contributed by atoms with E-state index in [1.165, 1.54) is 14.2 Å². The number of nitrogens with one attached hydrogen (secondary N) is 4. The maximum atomic E-state index is 13.5. The summed E-state index contributed by atoms with van der Waals surface area (Å²) in [5.74, 6) is 0.988. The third-order valence-electron chi connectivity index (χ3n) is 11.6. The number of alkyl carbamates (subject to hydrolysis) is 2. The summed E-state index contributed by atoms with van der Waals surface area (Å²) in [5.41, 5.74) is 8.08. The molecule has 0 radical (unpaired) electrons. The van der Waals surface area contributed by atoms with Crippen LogP contribution in [0.5, 0.6) is 0 Å². The van der Waals surface area contributed by atoms with Gasteiger partial charge in [-0.1, -0.05) is 100 Å². The molecule has 14 nitrogen and oxygen atoms in total. The standard InChI is InChI=1S/C46H54N8O6/c1-27(2)39(51-45(57)59-5)43(55)53-23-7-9-37(53)41-47-25-35(49-41)33-19-15-31(16-20-33)29-11-13-30(14-12-29)32-17-21-34(22-18-32)36-26-48-42(50-36)38-10-8-24-54(38)44(56)40(28(3)4)52-46(58)60-6/h11-22,25-28,37-40H,7-10,23-24H2,1-6H3,(H,47,49)(H,48,50)(H,51,57)(H,52,58)/t37-,38-,39-,40-/m0/s1. The summed E-state index contributed by atoms with van der Waals surface area (Å²) in [6, 6.07) is 23.4. The predicted octanol–water partition coefficient (Wildman–Crippen LogP) is 7.89. The molecule has 2 saturated heterocycles. The molecule has 2 fully saturated rings. The number of likely N-dealkylation sites (tertiary alicyclic amines) is 2. The van der Waals surface area contributed by atoms with E-state index in [0.29, 0.717) is 13.1 Å². The molecule has 4 amide bonds. The molecule has 4 atom stereocenters. The van der Waals surface area contributed by atoms with Crippen LogP contribution in [0.3, 0.4) is 0 Å². The summed E-state index contributed by atoms with van der Waals surface area (Å²) in [6.45, 7) is 8.81. The van der Waals surface area contributed by atoms with E-state index in [0.717, 1.165) is 82.1 Å². The van der Waals surface area contributed by atoms with E-state index in [4.69, 9.17) is 9.47 Å². The van der Waals surface area contributed by atoms with Crippen LogP contribution < -0.4 is 10.6 Å². The zero-order valence-electron chi connectivity index (χ0n) is 35.0. The number of H-pyrrole nitrogens is 2. The summed E-state index contributed by atoms with van der Waals surface area (Å²) in [7, 11) is 2.58. The molecule has 14 heteroatoms. The second-order valence-corrected chi connectivity index (χ2v) is 16.2. The van der Waals surface area contributed by atoms with E-state index in [9.17, 15) is 19.2 Å². The Labute approximate surface area is 350 Å². The fraction of sp³-hybridized carbons (Fsp3) is 0.391. The molecule has 0 bridgehead atoms. The second kappa shape index (κ2) is 18.2. The Balaban J connectivity index is 0.978. The van der Waals surface area contributed by atoms with Gasteiger partial charge in [0.05, 0.1) is 50.1 Å². The Morgan fingerprint density at radius 3 is 1.18 bits per heavy atom. The summed E-state index contributed by atoms with van der Waals surface area (Å²) in [5, 5.41) is 5.40. The molecule has 314 valence electrons. The highest BCUT2D eigenvalue weighted by atomic mass is 16.5. The molecule has 4 heterocycles. The zero-order valence-corrected chi connectivity index (χ0v) is 35.0. The summed E-state index contributed by atoms with van der Waals surface area (Å²) < 4.78 is 9.52. The molecule has 2 aliphatic heterocycles. The van der Waals surface area contributed by atoms with Crippen molar-refractivity contribution in [1.82, 2.24) is 40.4 Å². The number of ether oxygens (including phenoxy) is 2. The van der Waals surface area contributed by atoms with Crippen molar-refractivity contribution in [2.45, 2.75) is 77.5 Å². The van der Waals surface area contributed by atoms with Gasteiger partial charge in [-0.2, -0.15) is 0 Å². The smallest absolute Gasteiger partial charge is 0.407 e. The van der Waals surface area contributed by atoms with Gasteiger partial charge in [0.25, 0.3) is 0 Å². The average molecular weight is 815 g/mol. The van der Waals surface area contributed by atoms with Crippen LogP contribution in [0.1, 0.15) is 77.1 Å². The van der Waals surface area contributed by atoms with Gasteiger partial charge < -0.3 is 39.9 Å². The molecule has 4 N–H and O–H groups in total. The van der Waals surface area contributed by atoms with Gasteiger partial charge in [0.1, 0.15) is 23.7 Å². The Morgan fingerprint density at radius 2 is 0.883 bits per heavy atom. The first-order chi connectivity index (χ1) is 28.9. The number of rotatable bonds is 12. The van der Waals surface area contributed by atoms with Gasteiger partial charge >= 0.3 is 12.2 Å². The molecule has 7 rings (SSSR count). The highest BCUT2D eigenvalue weighted by Crippen LogP contribution is 2.35. The number of aromatic nitrogens is 4. The van der Waals surface area contributed by atoms with Gasteiger partial charge in [0.2, 0.25) is 11.8 Å². The van der Waals surface area contributed by atoms with Crippen LogP contribution >= 0.6 is 0 Å². The number of benzene rings is 3. The van der Waals surface area contributed by atoms with Crippen molar-refractivity contribution in [1.29, 1.82) is 0 Å². The lowest BCUT2D eigenvalue weighted by molar-refractivity contribution is -0.136. The number of imidazole rings is 2.